The Morgan fingerprint density at radius 3 is 2.47 bits per heavy atom. The van der Waals surface area contributed by atoms with Gasteiger partial charge >= 0.3 is 5.97 Å². The third kappa shape index (κ3) is 6.08. The van der Waals surface area contributed by atoms with E-state index in [2.05, 4.69) is 11.0 Å². The largest absolute Gasteiger partial charge is 0.481 e. The highest BCUT2D eigenvalue weighted by atomic mass is 35.5. The van der Waals surface area contributed by atoms with Crippen LogP contribution in [-0.4, -0.2) is 61.3 Å². The number of rotatable bonds is 6. The molecule has 0 aromatic heterocycles. The monoisotopic (exact) mass is 520 g/mol. The van der Waals surface area contributed by atoms with E-state index in [-0.39, 0.29) is 11.8 Å². The molecule has 2 aromatic rings. The van der Waals surface area contributed by atoms with Gasteiger partial charge in [0, 0.05) is 47.7 Å². The summed E-state index contributed by atoms with van der Waals surface area (Å²) in [4.78, 5) is 29.4. The minimum absolute atomic E-state index is 0.0712. The van der Waals surface area contributed by atoms with Gasteiger partial charge in [-0.3, -0.25) is 9.59 Å². The molecule has 9 heteroatoms. The van der Waals surface area contributed by atoms with E-state index in [0.717, 1.165) is 28.6 Å². The molecule has 4 rings (SSSR count). The van der Waals surface area contributed by atoms with Crippen LogP contribution in [0.5, 0.6) is 0 Å². The average Bonchev–Trinajstić information content (AvgIpc) is 2.87. The first-order valence-corrected chi connectivity index (χ1v) is 12.8. The lowest BCUT2D eigenvalue weighted by Gasteiger charge is -2.32. The van der Waals surface area contributed by atoms with Gasteiger partial charge < -0.3 is 19.6 Å². The maximum absolute atomic E-state index is 12.4. The van der Waals surface area contributed by atoms with Crippen LogP contribution in [0, 0.1) is 5.92 Å². The molecule has 6 nitrogen and oxygen atoms in total. The van der Waals surface area contributed by atoms with Gasteiger partial charge in [-0.15, -0.1) is 0 Å². The Morgan fingerprint density at radius 1 is 1.03 bits per heavy atom. The number of hydrogen-bond donors (Lipinski definition) is 1. The van der Waals surface area contributed by atoms with Crippen molar-refractivity contribution in [2.24, 2.45) is 5.92 Å². The van der Waals surface area contributed by atoms with Gasteiger partial charge in [0.25, 0.3) is 0 Å². The third-order valence-corrected chi connectivity index (χ3v) is 8.12. The molecule has 0 aliphatic carbocycles. The summed E-state index contributed by atoms with van der Waals surface area (Å²) >= 11 is 14.6. The first kappa shape index (κ1) is 24.9. The fraction of sp³-hybridized carbons (Fsp3) is 0.360. The van der Waals surface area contributed by atoms with Crippen molar-refractivity contribution in [1.82, 2.24) is 4.90 Å². The van der Waals surface area contributed by atoms with E-state index < -0.39 is 5.97 Å². The molecule has 0 radical (unpaired) electrons. The molecule has 0 bridgehead atoms. The first-order chi connectivity index (χ1) is 16.4. The second-order valence-corrected chi connectivity index (χ2v) is 10.1. The van der Waals surface area contributed by atoms with Gasteiger partial charge in [0.2, 0.25) is 5.91 Å². The lowest BCUT2D eigenvalue weighted by Crippen LogP contribution is -2.39. The van der Waals surface area contributed by atoms with Crippen molar-refractivity contribution in [1.29, 1.82) is 0 Å². The minimum Gasteiger partial charge on any atom is -0.481 e. The third-order valence-electron chi connectivity index (χ3n) is 6.06. The van der Waals surface area contributed by atoms with Gasteiger partial charge in [-0.05, 0) is 48.7 Å². The zero-order chi connectivity index (χ0) is 24.1. The maximum atomic E-state index is 12.4. The number of carbonyl (C=O) groups excluding carboxylic acids is 1. The number of anilines is 1. The molecule has 0 spiro atoms. The van der Waals surface area contributed by atoms with Gasteiger partial charge in [0.15, 0.2) is 0 Å². The van der Waals surface area contributed by atoms with Gasteiger partial charge in [-0.25, -0.2) is 0 Å². The number of morpholine rings is 1. The molecule has 2 aliphatic heterocycles. The van der Waals surface area contributed by atoms with Crippen molar-refractivity contribution in [3.05, 3.63) is 58.1 Å². The summed E-state index contributed by atoms with van der Waals surface area (Å²) < 4.78 is 5.28. The van der Waals surface area contributed by atoms with Crippen LogP contribution in [0.1, 0.15) is 18.4 Å². The quantitative estimate of drug-likeness (QED) is 0.520. The molecular weight excluding hydrogens is 495 g/mol. The maximum Gasteiger partial charge on any atom is 0.306 e. The fourth-order valence-corrected chi connectivity index (χ4v) is 5.54. The van der Waals surface area contributed by atoms with Crippen LogP contribution in [0.15, 0.2) is 52.3 Å². The lowest BCUT2D eigenvalue weighted by atomic mass is 9.97. The van der Waals surface area contributed by atoms with Crippen molar-refractivity contribution < 1.29 is 19.4 Å². The Morgan fingerprint density at radius 2 is 1.76 bits per heavy atom. The van der Waals surface area contributed by atoms with Crippen LogP contribution in [0.3, 0.4) is 0 Å². The molecule has 2 saturated heterocycles. The predicted molar refractivity (Wildman–Crippen MR) is 136 cm³/mol. The molecule has 34 heavy (non-hydrogen) atoms. The molecule has 0 saturated carbocycles. The van der Waals surface area contributed by atoms with Gasteiger partial charge in [-0.1, -0.05) is 47.1 Å². The molecule has 0 atom stereocenters. The Hall–Kier alpha value is -2.19. The van der Waals surface area contributed by atoms with Gasteiger partial charge in [0.05, 0.1) is 29.2 Å². The Bertz CT molecular complexity index is 1080. The van der Waals surface area contributed by atoms with Crippen molar-refractivity contribution in [2.45, 2.75) is 22.6 Å². The van der Waals surface area contributed by atoms with E-state index in [1.165, 1.54) is 17.8 Å². The summed E-state index contributed by atoms with van der Waals surface area (Å²) in [6.07, 6.45) is 4.52. The summed E-state index contributed by atoms with van der Waals surface area (Å²) in [7, 11) is 0. The van der Waals surface area contributed by atoms with E-state index in [1.807, 2.05) is 30.3 Å². The molecule has 1 amide bonds. The number of benzene rings is 2. The minimum atomic E-state index is -0.709. The van der Waals surface area contributed by atoms with Crippen LogP contribution >= 0.6 is 35.0 Å². The molecule has 2 aromatic carbocycles. The molecule has 180 valence electrons. The summed E-state index contributed by atoms with van der Waals surface area (Å²) in [5, 5.41) is 10.1. The average molecular weight is 521 g/mol. The van der Waals surface area contributed by atoms with Crippen molar-refractivity contribution >= 4 is 58.6 Å². The molecule has 0 unspecified atom stereocenters. The number of carboxylic acid groups (broad SMARTS) is 1. The number of aliphatic carboxylic acids is 1. The highest BCUT2D eigenvalue weighted by Gasteiger charge is 2.24. The number of nitrogens with zero attached hydrogens (tertiary/aromatic N) is 2. The lowest BCUT2D eigenvalue weighted by molar-refractivity contribution is -0.142. The number of piperidine rings is 1. The second-order valence-electron chi connectivity index (χ2n) is 8.25. The number of ether oxygens (including phenoxy) is 1. The van der Waals surface area contributed by atoms with Gasteiger partial charge in [-0.2, -0.15) is 0 Å². The zero-order valence-electron chi connectivity index (χ0n) is 18.6. The van der Waals surface area contributed by atoms with Crippen LogP contribution in [0.25, 0.3) is 6.08 Å². The number of hydrogen-bond acceptors (Lipinski definition) is 5. The van der Waals surface area contributed by atoms with Gasteiger partial charge in [0.1, 0.15) is 0 Å². The predicted octanol–water partition coefficient (Wildman–Crippen LogP) is 5.32. The smallest absolute Gasteiger partial charge is 0.306 e. The Labute approximate surface area is 213 Å². The highest BCUT2D eigenvalue weighted by molar-refractivity contribution is 7.99. The Balaban J connectivity index is 1.43. The summed E-state index contributed by atoms with van der Waals surface area (Å²) in [5.41, 5.74) is 1.75. The van der Waals surface area contributed by atoms with Crippen molar-refractivity contribution in [2.75, 3.05) is 44.3 Å². The van der Waals surface area contributed by atoms with E-state index >= 15 is 0 Å². The van der Waals surface area contributed by atoms with Crippen LogP contribution in [0.4, 0.5) is 5.69 Å². The molecule has 1 N–H and O–H groups in total. The number of carbonyl (C=O) groups is 2. The molecule has 2 aliphatic rings. The zero-order valence-corrected chi connectivity index (χ0v) is 20.9. The number of carboxylic acids is 1. The normalized spacial score (nSPS) is 17.4. The molecular formula is C25H26Cl2N2O4S. The standard InChI is InChI=1S/C25H26Cl2N2O4S/c26-23-17(5-7-22(30)29-12-14-33-15-13-29)4-6-21(24(23)27)34-20-3-1-2-19(16-20)28-10-8-18(9-11-28)25(31)32/h1-7,16,18H,8-15H2,(H,31,32)/b7-5+. The Kier molecular flexibility index (Phi) is 8.42. The second kappa shape index (κ2) is 11.5. The summed E-state index contributed by atoms with van der Waals surface area (Å²) in [6.45, 7) is 3.73. The van der Waals surface area contributed by atoms with Crippen molar-refractivity contribution in [3.8, 4) is 0 Å². The van der Waals surface area contributed by atoms with Crippen LogP contribution < -0.4 is 4.90 Å². The number of amides is 1. The van der Waals surface area contributed by atoms with E-state index in [9.17, 15) is 14.7 Å². The molecule has 2 heterocycles. The summed E-state index contributed by atoms with van der Waals surface area (Å²) in [6, 6.07) is 11.9. The van der Waals surface area contributed by atoms with E-state index in [0.29, 0.717) is 54.8 Å². The number of halogens is 2. The van der Waals surface area contributed by atoms with Crippen molar-refractivity contribution in [3.63, 3.8) is 0 Å². The fourth-order valence-electron chi connectivity index (χ4n) is 4.06. The van der Waals surface area contributed by atoms with E-state index in [1.54, 1.807) is 11.0 Å². The van der Waals surface area contributed by atoms with E-state index in [4.69, 9.17) is 27.9 Å². The topological polar surface area (TPSA) is 70.1 Å². The summed E-state index contributed by atoms with van der Waals surface area (Å²) in [5.74, 6) is -1.04. The molecule has 2 fully saturated rings. The highest BCUT2D eigenvalue weighted by Crippen LogP contribution is 2.40. The van der Waals surface area contributed by atoms with Crippen LogP contribution in [-0.2, 0) is 14.3 Å². The van der Waals surface area contributed by atoms with Crippen LogP contribution in [0.2, 0.25) is 10.0 Å². The first-order valence-electron chi connectivity index (χ1n) is 11.2. The SMILES string of the molecule is O=C(O)C1CCN(c2cccc(Sc3ccc(/C=C/C(=O)N4CCOCC4)c(Cl)c3Cl)c2)CC1.